The number of rotatable bonds is 1. The maximum absolute atomic E-state index is 11.0. The number of anilines is 1. The van der Waals surface area contributed by atoms with Crippen molar-refractivity contribution in [2.75, 3.05) is 11.9 Å². The molecule has 0 unspecified atom stereocenters. The van der Waals surface area contributed by atoms with Gasteiger partial charge in [-0.1, -0.05) is 0 Å². The molecule has 1 aromatic heterocycles. The van der Waals surface area contributed by atoms with Crippen LogP contribution in [0.15, 0.2) is 0 Å². The molecule has 64 valence electrons. The Kier molecular flexibility index (Phi) is 2.21. The molecule has 1 amide bonds. The number of carbonyl (C=O) groups excluding carboxylic acids is 1. The first-order valence-corrected chi connectivity index (χ1v) is 3.80. The summed E-state index contributed by atoms with van der Waals surface area (Å²) < 4.78 is 0. The maximum Gasteiger partial charge on any atom is 0.216 e. The number of hydrogen-bond acceptors (Lipinski definition) is 2. The fourth-order valence-electron chi connectivity index (χ4n) is 0.948. The Bertz CT molecular complexity index is 308. The predicted molar refractivity (Wildman–Crippen MR) is 50.4 cm³/mol. The summed E-state index contributed by atoms with van der Waals surface area (Å²) in [4.78, 5) is 12.5. The average molecular weight is 165 g/mol. The molecule has 4 nitrogen and oxygen atoms in total. The highest BCUT2D eigenvalue weighted by Gasteiger charge is 2.12. The van der Waals surface area contributed by atoms with Crippen molar-refractivity contribution in [2.45, 2.75) is 13.8 Å². The summed E-state index contributed by atoms with van der Waals surface area (Å²) in [5.41, 5.74) is 2.02. The van der Waals surface area contributed by atoms with E-state index in [0.717, 1.165) is 11.3 Å². The summed E-state index contributed by atoms with van der Waals surface area (Å²) in [5, 5.41) is 6.85. The van der Waals surface area contributed by atoms with Gasteiger partial charge in [-0.2, -0.15) is 5.10 Å². The highest BCUT2D eigenvalue weighted by Crippen LogP contribution is 2.17. The summed E-state index contributed by atoms with van der Waals surface area (Å²) in [5.74, 6) is 0.699. The van der Waals surface area contributed by atoms with Gasteiger partial charge in [-0.05, 0) is 13.8 Å². The third-order valence-electron chi connectivity index (χ3n) is 2.02. The van der Waals surface area contributed by atoms with E-state index in [-0.39, 0.29) is 5.81 Å². The normalized spacial score (nSPS) is 9.92. The highest BCUT2D eigenvalue weighted by molar-refractivity contribution is 6.60. The summed E-state index contributed by atoms with van der Waals surface area (Å²) in [6, 6.07) is 0. The first kappa shape index (κ1) is 8.84. The number of nitrogens with zero attached hydrogens (tertiary/aromatic N) is 2. The monoisotopic (exact) mass is 165 g/mol. The van der Waals surface area contributed by atoms with Gasteiger partial charge in [0, 0.05) is 18.3 Å². The lowest BCUT2D eigenvalue weighted by Gasteiger charge is -2.12. The molecular weight excluding hydrogens is 153 g/mol. The van der Waals surface area contributed by atoms with Crippen molar-refractivity contribution in [1.29, 1.82) is 0 Å². The van der Waals surface area contributed by atoms with Gasteiger partial charge >= 0.3 is 0 Å². The molecule has 0 aliphatic rings. The Balaban J connectivity index is 3.03. The summed E-state index contributed by atoms with van der Waals surface area (Å²) in [6.45, 7) is 3.87. The average Bonchev–Trinajstić information content (AvgIpc) is 2.32. The number of aryl methyl sites for hydroxylation is 1. The van der Waals surface area contributed by atoms with E-state index in [9.17, 15) is 4.79 Å². The second kappa shape index (κ2) is 3.01. The van der Waals surface area contributed by atoms with Crippen LogP contribution in [0.3, 0.4) is 0 Å². The zero-order chi connectivity index (χ0) is 9.30. The molecule has 0 saturated carbocycles. The number of amides is 1. The standard InChI is InChI=1S/C7H12BN3O/c1-4-5(2)9-10-6(4)11(3)7(8)12/h8H2,1-3H3,(H,9,10). The van der Waals surface area contributed by atoms with Gasteiger partial charge in [-0.3, -0.25) is 9.89 Å². The molecule has 12 heavy (non-hydrogen) atoms. The zero-order valence-corrected chi connectivity index (χ0v) is 7.80. The molecule has 0 aliphatic heterocycles. The number of carbonyl (C=O) groups is 1. The molecular formula is C7H12BN3O. The zero-order valence-electron chi connectivity index (χ0n) is 7.80. The van der Waals surface area contributed by atoms with Crippen molar-refractivity contribution in [2.24, 2.45) is 0 Å². The third-order valence-corrected chi connectivity index (χ3v) is 2.02. The molecule has 0 aromatic carbocycles. The highest BCUT2D eigenvalue weighted by atomic mass is 16.1. The molecule has 0 radical (unpaired) electrons. The fourth-order valence-corrected chi connectivity index (χ4v) is 0.948. The van der Waals surface area contributed by atoms with Gasteiger partial charge in [-0.25, -0.2) is 0 Å². The van der Waals surface area contributed by atoms with Crippen LogP contribution in [-0.4, -0.2) is 30.9 Å². The number of nitrogens with one attached hydrogen (secondary N) is 1. The Morgan fingerprint density at radius 3 is 2.50 bits per heavy atom. The van der Waals surface area contributed by atoms with Crippen LogP contribution < -0.4 is 4.90 Å². The van der Waals surface area contributed by atoms with Gasteiger partial charge in [0.1, 0.15) is 0 Å². The van der Waals surface area contributed by atoms with Crippen molar-refractivity contribution in [3.8, 4) is 0 Å². The first-order valence-electron chi connectivity index (χ1n) is 3.80. The van der Waals surface area contributed by atoms with Crippen LogP contribution in [0.1, 0.15) is 11.3 Å². The van der Waals surface area contributed by atoms with Crippen molar-refractivity contribution in [3.05, 3.63) is 11.3 Å². The van der Waals surface area contributed by atoms with Crippen LogP contribution >= 0.6 is 0 Å². The van der Waals surface area contributed by atoms with Crippen molar-refractivity contribution in [1.82, 2.24) is 10.2 Å². The molecule has 0 bridgehead atoms. The topological polar surface area (TPSA) is 49.0 Å². The van der Waals surface area contributed by atoms with Gasteiger partial charge in [0.25, 0.3) is 0 Å². The van der Waals surface area contributed by atoms with Crippen LogP contribution in [0.2, 0.25) is 0 Å². The van der Waals surface area contributed by atoms with Gasteiger partial charge in [0.2, 0.25) is 7.85 Å². The third kappa shape index (κ3) is 1.35. The summed E-state index contributed by atoms with van der Waals surface area (Å²) >= 11 is 0. The van der Waals surface area contributed by atoms with Crippen LogP contribution in [-0.2, 0) is 0 Å². The summed E-state index contributed by atoms with van der Waals surface area (Å²) in [7, 11) is 3.23. The maximum atomic E-state index is 11.0. The number of aromatic amines is 1. The summed E-state index contributed by atoms with van der Waals surface area (Å²) in [6.07, 6.45) is 0. The Morgan fingerprint density at radius 2 is 2.17 bits per heavy atom. The Labute approximate surface area is 72.4 Å². The first-order chi connectivity index (χ1) is 5.54. The molecule has 1 rings (SSSR count). The van der Waals surface area contributed by atoms with Crippen molar-refractivity contribution >= 4 is 19.5 Å². The van der Waals surface area contributed by atoms with Crippen molar-refractivity contribution in [3.63, 3.8) is 0 Å². The molecule has 0 aliphatic carbocycles. The lowest BCUT2D eigenvalue weighted by atomic mass is 10.1. The quantitative estimate of drug-likeness (QED) is 0.605. The largest absolute Gasteiger partial charge is 0.308 e. The second-order valence-electron chi connectivity index (χ2n) is 2.88. The van der Waals surface area contributed by atoms with E-state index >= 15 is 0 Å². The lowest BCUT2D eigenvalue weighted by molar-refractivity contribution is 0.265. The molecule has 1 N–H and O–H groups in total. The minimum absolute atomic E-state index is 0.00963. The van der Waals surface area contributed by atoms with E-state index < -0.39 is 0 Å². The van der Waals surface area contributed by atoms with Crippen LogP contribution in [0.5, 0.6) is 0 Å². The lowest BCUT2D eigenvalue weighted by Crippen LogP contribution is -2.25. The van der Waals surface area contributed by atoms with Gasteiger partial charge < -0.3 is 4.90 Å². The van der Waals surface area contributed by atoms with Crippen LogP contribution in [0, 0.1) is 13.8 Å². The van der Waals surface area contributed by atoms with E-state index in [2.05, 4.69) is 10.2 Å². The van der Waals surface area contributed by atoms with Crippen LogP contribution in [0.4, 0.5) is 10.6 Å². The van der Waals surface area contributed by atoms with Gasteiger partial charge in [0.15, 0.2) is 11.6 Å². The van der Waals surface area contributed by atoms with Gasteiger partial charge in [0.05, 0.1) is 0 Å². The Morgan fingerprint density at radius 1 is 1.58 bits per heavy atom. The van der Waals surface area contributed by atoms with Crippen molar-refractivity contribution < 1.29 is 4.79 Å². The molecule has 0 atom stereocenters. The second-order valence-corrected chi connectivity index (χ2v) is 2.88. The minimum Gasteiger partial charge on any atom is -0.308 e. The SMILES string of the molecule is BC(=O)N(C)c1n[nH]c(C)c1C. The number of aromatic nitrogens is 2. The van der Waals surface area contributed by atoms with E-state index in [1.165, 1.54) is 12.7 Å². The van der Waals surface area contributed by atoms with E-state index in [4.69, 9.17) is 0 Å². The van der Waals surface area contributed by atoms with Gasteiger partial charge in [-0.15, -0.1) is 0 Å². The minimum atomic E-state index is -0.00963. The number of hydrogen-bond donors (Lipinski definition) is 1. The van der Waals surface area contributed by atoms with E-state index in [1.807, 2.05) is 13.8 Å². The molecule has 5 heteroatoms. The molecule has 1 heterocycles. The smallest absolute Gasteiger partial charge is 0.216 e. The fraction of sp³-hybridized carbons (Fsp3) is 0.429. The molecule has 1 aromatic rings. The predicted octanol–water partition coefficient (Wildman–Crippen LogP) is 0.216. The Hall–Kier alpha value is -1.26. The van der Waals surface area contributed by atoms with Crippen LogP contribution in [0.25, 0.3) is 0 Å². The van der Waals surface area contributed by atoms with E-state index in [1.54, 1.807) is 7.05 Å². The molecule has 0 spiro atoms. The molecule has 0 fully saturated rings. The number of H-pyrrole nitrogens is 1. The molecule has 0 saturated heterocycles. The van der Waals surface area contributed by atoms with E-state index in [0.29, 0.717) is 5.82 Å².